The van der Waals surface area contributed by atoms with Crippen molar-refractivity contribution < 1.29 is 28.6 Å². The zero-order valence-electron chi connectivity index (χ0n) is 48.4. The maximum atomic E-state index is 12.9. The Bertz CT molecular complexity index is 1360. The maximum Gasteiger partial charge on any atom is 0.306 e. The normalized spacial score (nSPS) is 12.5. The van der Waals surface area contributed by atoms with E-state index in [0.29, 0.717) is 19.3 Å². The van der Waals surface area contributed by atoms with Gasteiger partial charge in [-0.15, -0.1) is 0 Å². The van der Waals surface area contributed by atoms with E-state index in [1.807, 2.05) is 0 Å². The first-order valence-electron chi connectivity index (χ1n) is 31.4. The van der Waals surface area contributed by atoms with E-state index in [-0.39, 0.29) is 31.1 Å². The van der Waals surface area contributed by atoms with Crippen LogP contribution in [0.25, 0.3) is 0 Å². The minimum atomic E-state index is -0.791. The number of hydrogen-bond acceptors (Lipinski definition) is 6. The highest BCUT2D eigenvalue weighted by Crippen LogP contribution is 2.17. The van der Waals surface area contributed by atoms with Gasteiger partial charge in [0.05, 0.1) is 0 Å². The number of rotatable bonds is 57. The molecule has 0 heterocycles. The second-order valence-corrected chi connectivity index (χ2v) is 21.0. The molecule has 0 aromatic heterocycles. The fraction of sp³-hybridized carbons (Fsp3) is 0.776. The Morgan fingerprint density at radius 2 is 0.534 bits per heavy atom. The Labute approximate surface area is 453 Å². The first-order valence-corrected chi connectivity index (χ1v) is 31.4. The smallest absolute Gasteiger partial charge is 0.306 e. The lowest BCUT2D eigenvalue weighted by atomic mass is 10.0. The highest BCUT2D eigenvalue weighted by atomic mass is 16.6. The van der Waals surface area contributed by atoms with Crippen LogP contribution in [0.2, 0.25) is 0 Å². The lowest BCUT2D eigenvalue weighted by Crippen LogP contribution is -2.30. The van der Waals surface area contributed by atoms with Crippen LogP contribution in [0.15, 0.2) is 72.9 Å². The molecular weight excluding hydrogens is 901 g/mol. The summed E-state index contributed by atoms with van der Waals surface area (Å²) in [5, 5.41) is 0. The molecule has 0 aliphatic rings. The summed E-state index contributed by atoms with van der Waals surface area (Å²) in [6.07, 6.45) is 79.0. The van der Waals surface area contributed by atoms with Gasteiger partial charge in [-0.3, -0.25) is 14.4 Å². The quantitative estimate of drug-likeness (QED) is 0.0261. The molecule has 73 heavy (non-hydrogen) atoms. The van der Waals surface area contributed by atoms with Crippen molar-refractivity contribution in [3.63, 3.8) is 0 Å². The summed E-state index contributed by atoms with van der Waals surface area (Å²) < 4.78 is 16.9. The molecule has 0 saturated carbocycles. The van der Waals surface area contributed by atoms with Gasteiger partial charge < -0.3 is 14.2 Å². The van der Waals surface area contributed by atoms with E-state index in [1.54, 1.807) is 0 Å². The Hall–Kier alpha value is -3.15. The molecule has 0 aromatic rings. The third-order valence-corrected chi connectivity index (χ3v) is 13.7. The summed E-state index contributed by atoms with van der Waals surface area (Å²) >= 11 is 0. The number of ether oxygens (including phenoxy) is 3. The van der Waals surface area contributed by atoms with Crippen LogP contribution < -0.4 is 0 Å². The van der Waals surface area contributed by atoms with Gasteiger partial charge in [-0.1, -0.05) is 299 Å². The number of esters is 3. The molecule has 1 atom stereocenters. The number of carbonyl (C=O) groups is 3. The molecule has 0 amide bonds. The molecule has 0 fully saturated rings. The number of hydrogen-bond donors (Lipinski definition) is 0. The molecule has 0 saturated heterocycles. The van der Waals surface area contributed by atoms with Gasteiger partial charge in [0.2, 0.25) is 0 Å². The van der Waals surface area contributed by atoms with Crippen LogP contribution in [0.4, 0.5) is 0 Å². The standard InChI is InChI=1S/C67H118O6/c1-4-7-10-13-16-19-22-25-28-31-33-34-35-37-39-42-45-48-51-54-57-60-66(69)72-63-64(62-71-65(68)59-56-53-50-47-44-41-38-30-27-24-21-18-15-12-9-6-3)73-67(70)61-58-55-52-49-46-43-40-36-32-29-26-23-20-17-14-11-8-5-2/h7,10,16,19,25,28,33-34,37,39,45,48,64H,4-6,8-9,11-15,17-18,20-24,26-27,29-32,35-36,38,40-44,46-47,49-63H2,1-3H3/b10-7-,19-16-,28-25-,34-33-,39-37-,48-45-. The maximum absolute atomic E-state index is 12.9. The molecule has 0 aliphatic carbocycles. The SMILES string of the molecule is CC/C=C\C/C=C\C/C=C\C/C=C\C/C=C\C/C=C\CCCCC(=O)OCC(COC(=O)CCCCCCCCCCCCCCCCCC)OC(=O)CCCCCCCCCCCCCCCCCCCC. The largest absolute Gasteiger partial charge is 0.462 e. The van der Waals surface area contributed by atoms with Crippen molar-refractivity contribution in [1.82, 2.24) is 0 Å². The third-order valence-electron chi connectivity index (χ3n) is 13.7. The van der Waals surface area contributed by atoms with Gasteiger partial charge in [-0.2, -0.15) is 0 Å². The summed E-state index contributed by atoms with van der Waals surface area (Å²) in [6, 6.07) is 0. The number of carbonyl (C=O) groups excluding carboxylic acids is 3. The second-order valence-electron chi connectivity index (χ2n) is 21.0. The van der Waals surface area contributed by atoms with Crippen LogP contribution in [0.1, 0.15) is 316 Å². The zero-order valence-corrected chi connectivity index (χ0v) is 48.4. The van der Waals surface area contributed by atoms with Gasteiger partial charge in [0.15, 0.2) is 6.10 Å². The summed E-state index contributed by atoms with van der Waals surface area (Å²) in [6.45, 7) is 6.54. The molecule has 0 N–H and O–H groups in total. The van der Waals surface area contributed by atoms with Crippen LogP contribution >= 0.6 is 0 Å². The van der Waals surface area contributed by atoms with Gasteiger partial charge in [-0.25, -0.2) is 0 Å². The van der Waals surface area contributed by atoms with E-state index < -0.39 is 6.10 Å². The number of allylic oxidation sites excluding steroid dienone is 12. The predicted octanol–water partition coefficient (Wildman–Crippen LogP) is 21.3. The van der Waals surface area contributed by atoms with Crippen LogP contribution in [0.3, 0.4) is 0 Å². The molecule has 0 radical (unpaired) electrons. The third kappa shape index (κ3) is 59.6. The van der Waals surface area contributed by atoms with Crippen LogP contribution in [-0.2, 0) is 28.6 Å². The first kappa shape index (κ1) is 69.8. The molecule has 0 aromatic carbocycles. The molecule has 0 bridgehead atoms. The Kier molecular flexibility index (Phi) is 58.7. The molecule has 422 valence electrons. The van der Waals surface area contributed by atoms with Crippen molar-refractivity contribution >= 4 is 17.9 Å². The highest BCUT2D eigenvalue weighted by molar-refractivity contribution is 5.71. The van der Waals surface area contributed by atoms with E-state index >= 15 is 0 Å². The topological polar surface area (TPSA) is 78.9 Å². The van der Waals surface area contributed by atoms with E-state index in [2.05, 4.69) is 93.7 Å². The van der Waals surface area contributed by atoms with Crippen molar-refractivity contribution in [2.24, 2.45) is 0 Å². The first-order chi connectivity index (χ1) is 36.0. The van der Waals surface area contributed by atoms with Crippen molar-refractivity contribution in [3.8, 4) is 0 Å². The minimum Gasteiger partial charge on any atom is -0.462 e. The number of unbranched alkanes of at least 4 members (excludes halogenated alkanes) is 34. The Morgan fingerprint density at radius 3 is 0.836 bits per heavy atom. The summed E-state index contributed by atoms with van der Waals surface area (Å²) in [4.78, 5) is 38.3. The van der Waals surface area contributed by atoms with Crippen molar-refractivity contribution in [2.75, 3.05) is 13.2 Å². The Balaban J connectivity index is 4.42. The monoisotopic (exact) mass is 1020 g/mol. The van der Waals surface area contributed by atoms with Gasteiger partial charge in [-0.05, 0) is 70.6 Å². The summed E-state index contributed by atoms with van der Waals surface area (Å²) in [7, 11) is 0. The van der Waals surface area contributed by atoms with Crippen LogP contribution in [0.5, 0.6) is 0 Å². The second kappa shape index (κ2) is 61.4. The lowest BCUT2D eigenvalue weighted by Gasteiger charge is -2.18. The molecule has 0 aliphatic heterocycles. The Morgan fingerprint density at radius 1 is 0.288 bits per heavy atom. The van der Waals surface area contributed by atoms with E-state index in [4.69, 9.17) is 14.2 Å². The fourth-order valence-electron chi connectivity index (χ4n) is 9.04. The molecule has 6 heteroatoms. The summed E-state index contributed by atoms with van der Waals surface area (Å²) in [5.41, 5.74) is 0. The predicted molar refractivity (Wildman–Crippen MR) is 316 cm³/mol. The molecule has 0 spiro atoms. The van der Waals surface area contributed by atoms with Gasteiger partial charge >= 0.3 is 17.9 Å². The van der Waals surface area contributed by atoms with E-state index in [9.17, 15) is 14.4 Å². The molecule has 6 nitrogen and oxygen atoms in total. The van der Waals surface area contributed by atoms with E-state index in [0.717, 1.165) is 96.3 Å². The average molecular weight is 1020 g/mol. The molecule has 0 rings (SSSR count). The lowest BCUT2D eigenvalue weighted by molar-refractivity contribution is -0.167. The van der Waals surface area contributed by atoms with Gasteiger partial charge in [0, 0.05) is 19.3 Å². The van der Waals surface area contributed by atoms with Crippen molar-refractivity contribution in [1.29, 1.82) is 0 Å². The summed E-state index contributed by atoms with van der Waals surface area (Å²) in [5.74, 6) is -0.912. The van der Waals surface area contributed by atoms with Crippen molar-refractivity contribution in [2.45, 2.75) is 322 Å². The van der Waals surface area contributed by atoms with Crippen LogP contribution in [-0.4, -0.2) is 37.2 Å². The average Bonchev–Trinajstić information content (AvgIpc) is 3.39. The van der Waals surface area contributed by atoms with Crippen LogP contribution in [0, 0.1) is 0 Å². The van der Waals surface area contributed by atoms with Crippen molar-refractivity contribution in [3.05, 3.63) is 72.9 Å². The van der Waals surface area contributed by atoms with Gasteiger partial charge in [0.1, 0.15) is 13.2 Å². The molecule has 1 unspecified atom stereocenters. The fourth-order valence-corrected chi connectivity index (χ4v) is 9.04. The highest BCUT2D eigenvalue weighted by Gasteiger charge is 2.19. The zero-order chi connectivity index (χ0) is 52.9. The minimum absolute atomic E-state index is 0.0848. The molecular formula is C67H118O6. The van der Waals surface area contributed by atoms with Gasteiger partial charge in [0.25, 0.3) is 0 Å². The van der Waals surface area contributed by atoms with E-state index in [1.165, 1.54) is 180 Å².